The first-order chi connectivity index (χ1) is 11.8. The number of nitrogens with one attached hydrogen (secondary N) is 1. The minimum atomic E-state index is -4.39. The summed E-state index contributed by atoms with van der Waals surface area (Å²) in [7, 11) is 0. The Labute approximate surface area is 142 Å². The lowest BCUT2D eigenvalue weighted by atomic mass is 10.2. The van der Waals surface area contributed by atoms with Gasteiger partial charge < -0.3 is 15.2 Å². The minimum absolute atomic E-state index is 0.00273. The van der Waals surface area contributed by atoms with Crippen molar-refractivity contribution in [2.75, 3.05) is 26.2 Å². The Morgan fingerprint density at radius 1 is 1.28 bits per heavy atom. The number of benzene rings is 1. The number of carboxylic acids is 1. The lowest BCUT2D eigenvalue weighted by molar-refractivity contribution is -0.142. The van der Waals surface area contributed by atoms with Crippen molar-refractivity contribution in [1.29, 1.82) is 0 Å². The molecule has 1 aliphatic heterocycles. The molecular formula is C16H19F3N2O4. The zero-order valence-corrected chi connectivity index (χ0v) is 13.4. The van der Waals surface area contributed by atoms with Gasteiger partial charge >= 0.3 is 12.1 Å². The molecule has 0 aliphatic carbocycles. The first-order valence-corrected chi connectivity index (χ1v) is 7.81. The molecule has 25 heavy (non-hydrogen) atoms. The zero-order chi connectivity index (χ0) is 18.4. The van der Waals surface area contributed by atoms with Crippen LogP contribution in [-0.2, 0) is 15.8 Å². The van der Waals surface area contributed by atoms with Gasteiger partial charge in [0.25, 0.3) is 0 Å². The second-order valence-electron chi connectivity index (χ2n) is 5.69. The van der Waals surface area contributed by atoms with Crippen LogP contribution in [0.3, 0.4) is 0 Å². The van der Waals surface area contributed by atoms with Gasteiger partial charge in [-0.25, -0.2) is 0 Å². The van der Waals surface area contributed by atoms with E-state index in [1.54, 1.807) is 4.90 Å². The van der Waals surface area contributed by atoms with Gasteiger partial charge in [0.05, 0.1) is 18.7 Å². The van der Waals surface area contributed by atoms with Crippen LogP contribution in [0.5, 0.6) is 5.75 Å². The summed E-state index contributed by atoms with van der Waals surface area (Å²) in [5, 5.41) is 11.6. The normalized spacial score (nSPS) is 18.1. The average Bonchev–Trinajstić information content (AvgIpc) is 2.99. The molecule has 1 atom stereocenters. The van der Waals surface area contributed by atoms with Crippen LogP contribution in [0.25, 0.3) is 0 Å². The van der Waals surface area contributed by atoms with Crippen molar-refractivity contribution in [3.63, 3.8) is 0 Å². The predicted molar refractivity (Wildman–Crippen MR) is 82.2 cm³/mol. The predicted octanol–water partition coefficient (Wildman–Crippen LogP) is 1.75. The monoisotopic (exact) mass is 360 g/mol. The molecule has 0 spiro atoms. The maximum Gasteiger partial charge on any atom is 0.416 e. The maximum atomic E-state index is 12.4. The van der Waals surface area contributed by atoms with Gasteiger partial charge in [0, 0.05) is 0 Å². The summed E-state index contributed by atoms with van der Waals surface area (Å²) in [6, 6.07) is 3.65. The summed E-state index contributed by atoms with van der Waals surface area (Å²) >= 11 is 0. The number of alkyl halides is 3. The molecular weight excluding hydrogens is 341 g/mol. The second kappa shape index (κ2) is 8.19. The average molecular weight is 360 g/mol. The molecule has 1 aromatic carbocycles. The number of ether oxygens (including phenoxy) is 1. The van der Waals surface area contributed by atoms with E-state index in [0.717, 1.165) is 18.6 Å². The number of carbonyl (C=O) groups is 2. The molecule has 1 heterocycles. The standard InChI is InChI=1S/C16H19F3N2O4/c17-16(18,19)11-3-5-12(6-4-11)25-9-7-20-14(22)10-21-8-1-2-13(21)15(23)24/h3-6,13H,1-2,7-10H2,(H,20,22)(H,23,24)/t13-/m1/s1. The molecule has 2 N–H and O–H groups in total. The highest BCUT2D eigenvalue weighted by Gasteiger charge is 2.31. The van der Waals surface area contributed by atoms with Crippen LogP contribution in [0.2, 0.25) is 0 Å². The molecule has 0 aromatic heterocycles. The third-order valence-electron chi connectivity index (χ3n) is 3.87. The number of aliphatic carboxylic acids is 1. The fourth-order valence-electron chi connectivity index (χ4n) is 2.63. The van der Waals surface area contributed by atoms with E-state index in [9.17, 15) is 22.8 Å². The Morgan fingerprint density at radius 3 is 2.56 bits per heavy atom. The van der Waals surface area contributed by atoms with E-state index in [-0.39, 0.29) is 31.4 Å². The first kappa shape index (κ1) is 19.0. The van der Waals surface area contributed by atoms with E-state index in [2.05, 4.69) is 5.32 Å². The molecule has 1 aliphatic rings. The van der Waals surface area contributed by atoms with E-state index < -0.39 is 23.8 Å². The highest BCUT2D eigenvalue weighted by molar-refractivity contribution is 5.80. The zero-order valence-electron chi connectivity index (χ0n) is 13.4. The van der Waals surface area contributed by atoms with Crippen LogP contribution in [0, 0.1) is 0 Å². The number of likely N-dealkylation sites (tertiary alicyclic amines) is 1. The number of carboxylic acid groups (broad SMARTS) is 1. The van der Waals surface area contributed by atoms with Crippen molar-refractivity contribution >= 4 is 11.9 Å². The molecule has 0 saturated carbocycles. The van der Waals surface area contributed by atoms with E-state index in [1.807, 2.05) is 0 Å². The number of halogens is 3. The Bertz CT molecular complexity index is 604. The van der Waals surface area contributed by atoms with Crippen LogP contribution >= 0.6 is 0 Å². The fraction of sp³-hybridized carbons (Fsp3) is 0.500. The summed E-state index contributed by atoms with van der Waals surface area (Å²) in [6.45, 7) is 0.828. The van der Waals surface area contributed by atoms with Crippen LogP contribution in [0.15, 0.2) is 24.3 Å². The van der Waals surface area contributed by atoms with Crippen molar-refractivity contribution in [3.05, 3.63) is 29.8 Å². The largest absolute Gasteiger partial charge is 0.492 e. The summed E-state index contributed by atoms with van der Waals surface area (Å²) < 4.78 is 42.6. The fourth-order valence-corrected chi connectivity index (χ4v) is 2.63. The molecule has 1 fully saturated rings. The van der Waals surface area contributed by atoms with Crippen LogP contribution in [0.1, 0.15) is 18.4 Å². The summed E-state index contributed by atoms with van der Waals surface area (Å²) in [5.41, 5.74) is -0.758. The van der Waals surface area contributed by atoms with Crippen molar-refractivity contribution in [3.8, 4) is 5.75 Å². The maximum absolute atomic E-state index is 12.4. The van der Waals surface area contributed by atoms with Crippen molar-refractivity contribution in [1.82, 2.24) is 10.2 Å². The molecule has 0 radical (unpaired) electrons. The van der Waals surface area contributed by atoms with Gasteiger partial charge in [0.15, 0.2) is 0 Å². The van der Waals surface area contributed by atoms with E-state index >= 15 is 0 Å². The Kier molecular flexibility index (Phi) is 6.24. The Morgan fingerprint density at radius 2 is 1.96 bits per heavy atom. The molecule has 1 amide bonds. The molecule has 1 aromatic rings. The van der Waals surface area contributed by atoms with E-state index in [4.69, 9.17) is 9.84 Å². The lowest BCUT2D eigenvalue weighted by Crippen LogP contribution is -2.43. The first-order valence-electron chi connectivity index (χ1n) is 7.81. The number of rotatable bonds is 7. The van der Waals surface area contributed by atoms with Gasteiger partial charge in [-0.2, -0.15) is 13.2 Å². The third-order valence-corrected chi connectivity index (χ3v) is 3.87. The summed E-state index contributed by atoms with van der Waals surface area (Å²) in [6.07, 6.45) is -3.13. The van der Waals surface area contributed by atoms with Gasteiger partial charge in [-0.1, -0.05) is 0 Å². The quantitative estimate of drug-likeness (QED) is 0.725. The third kappa shape index (κ3) is 5.63. The number of hydrogen-bond acceptors (Lipinski definition) is 4. The Hall–Kier alpha value is -2.29. The SMILES string of the molecule is O=C(CN1CCC[C@@H]1C(=O)O)NCCOc1ccc(C(F)(F)F)cc1. The van der Waals surface area contributed by atoms with Gasteiger partial charge in [-0.15, -0.1) is 0 Å². The molecule has 9 heteroatoms. The van der Waals surface area contributed by atoms with E-state index in [1.165, 1.54) is 12.1 Å². The molecule has 138 valence electrons. The van der Waals surface area contributed by atoms with Crippen molar-refractivity contribution in [2.24, 2.45) is 0 Å². The van der Waals surface area contributed by atoms with Gasteiger partial charge in [0.2, 0.25) is 5.91 Å². The van der Waals surface area contributed by atoms with Gasteiger partial charge in [0.1, 0.15) is 18.4 Å². The summed E-state index contributed by atoms with van der Waals surface area (Å²) in [4.78, 5) is 24.4. The molecule has 0 unspecified atom stereocenters. The van der Waals surface area contributed by atoms with Gasteiger partial charge in [-0.3, -0.25) is 14.5 Å². The smallest absolute Gasteiger partial charge is 0.416 e. The second-order valence-corrected chi connectivity index (χ2v) is 5.69. The van der Waals surface area contributed by atoms with Gasteiger partial charge in [-0.05, 0) is 43.7 Å². The van der Waals surface area contributed by atoms with Crippen molar-refractivity contribution in [2.45, 2.75) is 25.1 Å². The van der Waals surface area contributed by atoms with Crippen molar-refractivity contribution < 1.29 is 32.6 Å². The van der Waals surface area contributed by atoms with Crippen LogP contribution in [-0.4, -0.2) is 54.2 Å². The molecule has 6 nitrogen and oxygen atoms in total. The van der Waals surface area contributed by atoms with Crippen LogP contribution < -0.4 is 10.1 Å². The Balaban J connectivity index is 1.69. The number of nitrogens with zero attached hydrogens (tertiary/aromatic N) is 1. The number of hydrogen-bond donors (Lipinski definition) is 2. The van der Waals surface area contributed by atoms with E-state index in [0.29, 0.717) is 13.0 Å². The minimum Gasteiger partial charge on any atom is -0.492 e. The number of amides is 1. The lowest BCUT2D eigenvalue weighted by Gasteiger charge is -2.20. The topological polar surface area (TPSA) is 78.9 Å². The number of carbonyl (C=O) groups excluding carboxylic acids is 1. The molecule has 1 saturated heterocycles. The molecule has 0 bridgehead atoms. The van der Waals surface area contributed by atoms with Crippen LogP contribution in [0.4, 0.5) is 13.2 Å². The highest BCUT2D eigenvalue weighted by Crippen LogP contribution is 2.30. The molecule has 2 rings (SSSR count). The highest BCUT2D eigenvalue weighted by atomic mass is 19.4. The summed E-state index contributed by atoms with van der Waals surface area (Å²) in [5.74, 6) is -0.979.